The van der Waals surface area contributed by atoms with Crippen LogP contribution in [0.2, 0.25) is 0 Å². The first-order valence-electron chi connectivity index (χ1n) is 6.41. The highest BCUT2D eigenvalue weighted by atomic mass is 79.9. The fourth-order valence-corrected chi connectivity index (χ4v) is 3.33. The minimum absolute atomic E-state index is 0.0553. The third kappa shape index (κ3) is 4.45. The van der Waals surface area contributed by atoms with Crippen LogP contribution in [0.3, 0.4) is 0 Å². The smallest absolute Gasteiger partial charge is 0.137 e. The lowest BCUT2D eigenvalue weighted by Gasteiger charge is -2.34. The number of benzene rings is 1. The Bertz CT molecular complexity index is 403. The number of rotatable bonds is 7. The maximum Gasteiger partial charge on any atom is 0.137 e. The van der Waals surface area contributed by atoms with Crippen LogP contribution in [-0.4, -0.2) is 36.5 Å². The predicted octanol–water partition coefficient (Wildman–Crippen LogP) is 3.66. The van der Waals surface area contributed by atoms with Crippen LogP contribution in [-0.2, 0) is 0 Å². The lowest BCUT2D eigenvalue weighted by atomic mass is 10.0. The van der Waals surface area contributed by atoms with Gasteiger partial charge in [0.2, 0.25) is 0 Å². The number of nitrogens with zero attached hydrogens (tertiary/aromatic N) is 1. The molecule has 2 N–H and O–H groups in total. The Labute approximate surface area is 128 Å². The molecule has 0 amide bonds. The number of likely N-dealkylation sites (N-methyl/N-ethyl adjacent to an activating group) is 1. The van der Waals surface area contributed by atoms with E-state index in [1.165, 1.54) is 0 Å². The van der Waals surface area contributed by atoms with Gasteiger partial charge in [0.25, 0.3) is 0 Å². The van der Waals surface area contributed by atoms with Crippen molar-refractivity contribution in [1.29, 1.82) is 0 Å². The molecule has 0 aliphatic rings. The zero-order valence-electron chi connectivity index (χ0n) is 11.7. The first-order valence-corrected chi connectivity index (χ1v) is 8.59. The fraction of sp³-hybridized carbons (Fsp3) is 0.571. The average Bonchev–Trinajstić information content (AvgIpc) is 2.40. The van der Waals surface area contributed by atoms with E-state index in [1.807, 2.05) is 17.8 Å². The quantitative estimate of drug-likeness (QED) is 0.815. The SMILES string of the molecule is CCC(CSC)N(C)C(CN)c1ccc(Br)c(F)c1. The molecule has 1 aromatic carbocycles. The van der Waals surface area contributed by atoms with Gasteiger partial charge in [-0.05, 0) is 53.4 Å². The van der Waals surface area contributed by atoms with Crippen molar-refractivity contribution in [2.24, 2.45) is 5.73 Å². The predicted molar refractivity (Wildman–Crippen MR) is 86.1 cm³/mol. The fourth-order valence-electron chi connectivity index (χ4n) is 2.23. The van der Waals surface area contributed by atoms with Gasteiger partial charge in [-0.2, -0.15) is 11.8 Å². The summed E-state index contributed by atoms with van der Waals surface area (Å²) in [7, 11) is 2.07. The van der Waals surface area contributed by atoms with Gasteiger partial charge in [0, 0.05) is 24.4 Å². The summed E-state index contributed by atoms with van der Waals surface area (Å²) in [5.41, 5.74) is 6.84. The van der Waals surface area contributed by atoms with Gasteiger partial charge in [-0.25, -0.2) is 4.39 Å². The summed E-state index contributed by atoms with van der Waals surface area (Å²) in [6.07, 6.45) is 3.17. The summed E-state index contributed by atoms with van der Waals surface area (Å²) in [5, 5.41) is 0. The molecule has 0 radical (unpaired) electrons. The van der Waals surface area contributed by atoms with Crippen molar-refractivity contribution in [2.45, 2.75) is 25.4 Å². The van der Waals surface area contributed by atoms with Crippen molar-refractivity contribution >= 4 is 27.7 Å². The van der Waals surface area contributed by atoms with E-state index in [2.05, 4.69) is 41.1 Å². The molecular formula is C14H22BrFN2S. The molecule has 5 heteroatoms. The van der Waals surface area contributed by atoms with Crippen molar-refractivity contribution in [1.82, 2.24) is 4.90 Å². The summed E-state index contributed by atoms with van der Waals surface area (Å²) >= 11 is 5.01. The molecule has 0 heterocycles. The van der Waals surface area contributed by atoms with E-state index in [0.717, 1.165) is 17.7 Å². The number of nitrogens with two attached hydrogens (primary N) is 1. The Morgan fingerprint density at radius 3 is 2.63 bits per heavy atom. The largest absolute Gasteiger partial charge is 0.329 e. The lowest BCUT2D eigenvalue weighted by molar-refractivity contribution is 0.187. The van der Waals surface area contributed by atoms with Crippen LogP contribution in [0.25, 0.3) is 0 Å². The highest BCUT2D eigenvalue weighted by Crippen LogP contribution is 2.26. The maximum absolute atomic E-state index is 13.7. The Balaban J connectivity index is 2.94. The van der Waals surface area contributed by atoms with E-state index < -0.39 is 0 Å². The molecule has 0 saturated carbocycles. The topological polar surface area (TPSA) is 29.3 Å². The van der Waals surface area contributed by atoms with E-state index in [4.69, 9.17) is 5.73 Å². The molecule has 0 fully saturated rings. The van der Waals surface area contributed by atoms with Gasteiger partial charge in [0.05, 0.1) is 4.47 Å². The number of hydrogen-bond acceptors (Lipinski definition) is 3. The number of hydrogen-bond donors (Lipinski definition) is 1. The van der Waals surface area contributed by atoms with E-state index >= 15 is 0 Å². The van der Waals surface area contributed by atoms with Gasteiger partial charge >= 0.3 is 0 Å². The Morgan fingerprint density at radius 2 is 2.16 bits per heavy atom. The molecule has 0 aliphatic carbocycles. The molecule has 19 heavy (non-hydrogen) atoms. The van der Waals surface area contributed by atoms with E-state index in [-0.39, 0.29) is 11.9 Å². The molecular weight excluding hydrogens is 327 g/mol. The van der Waals surface area contributed by atoms with Crippen LogP contribution in [0.5, 0.6) is 0 Å². The van der Waals surface area contributed by atoms with Crippen molar-refractivity contribution in [3.63, 3.8) is 0 Å². The number of thioether (sulfide) groups is 1. The second-order valence-corrected chi connectivity index (χ2v) is 6.37. The van der Waals surface area contributed by atoms with E-state index in [1.54, 1.807) is 12.1 Å². The van der Waals surface area contributed by atoms with Crippen LogP contribution >= 0.6 is 27.7 Å². The second-order valence-electron chi connectivity index (χ2n) is 4.61. The molecule has 0 aromatic heterocycles. The zero-order chi connectivity index (χ0) is 14.4. The van der Waals surface area contributed by atoms with Crippen LogP contribution in [0.4, 0.5) is 4.39 Å². The third-order valence-corrected chi connectivity index (χ3v) is 4.81. The average molecular weight is 349 g/mol. The van der Waals surface area contributed by atoms with Crippen molar-refractivity contribution in [3.8, 4) is 0 Å². The van der Waals surface area contributed by atoms with Gasteiger partial charge in [0.15, 0.2) is 0 Å². The molecule has 108 valence electrons. The lowest BCUT2D eigenvalue weighted by Crippen LogP contribution is -2.39. The summed E-state index contributed by atoms with van der Waals surface area (Å²) < 4.78 is 14.2. The Kier molecular flexibility index (Phi) is 7.36. The molecule has 2 unspecified atom stereocenters. The molecule has 2 atom stereocenters. The van der Waals surface area contributed by atoms with Crippen LogP contribution < -0.4 is 5.73 Å². The Hall–Kier alpha value is -0.100. The van der Waals surface area contributed by atoms with E-state index in [0.29, 0.717) is 17.1 Å². The summed E-state index contributed by atoms with van der Waals surface area (Å²) in [4.78, 5) is 2.26. The third-order valence-electron chi connectivity index (χ3n) is 3.45. The van der Waals surface area contributed by atoms with Crippen LogP contribution in [0.1, 0.15) is 24.9 Å². The first-order chi connectivity index (χ1) is 9.04. The monoisotopic (exact) mass is 348 g/mol. The molecule has 1 aromatic rings. The molecule has 0 saturated heterocycles. The normalized spacial score (nSPS) is 14.7. The summed E-state index contributed by atoms with van der Waals surface area (Å²) in [6.45, 7) is 2.66. The van der Waals surface area contributed by atoms with Gasteiger partial charge in [-0.3, -0.25) is 4.90 Å². The van der Waals surface area contributed by atoms with Crippen molar-refractivity contribution in [3.05, 3.63) is 34.1 Å². The standard InChI is InChI=1S/C14H22BrFN2S/c1-4-11(9-19-3)18(2)14(8-17)10-5-6-12(15)13(16)7-10/h5-7,11,14H,4,8-9,17H2,1-3H3. The zero-order valence-corrected chi connectivity index (χ0v) is 14.1. The highest BCUT2D eigenvalue weighted by molar-refractivity contribution is 9.10. The molecule has 2 nitrogen and oxygen atoms in total. The van der Waals surface area contributed by atoms with Crippen molar-refractivity contribution < 1.29 is 4.39 Å². The number of halogens is 2. The van der Waals surface area contributed by atoms with Gasteiger partial charge in [-0.15, -0.1) is 0 Å². The van der Waals surface area contributed by atoms with E-state index in [9.17, 15) is 4.39 Å². The minimum Gasteiger partial charge on any atom is -0.329 e. The first kappa shape index (κ1) is 17.0. The van der Waals surface area contributed by atoms with Gasteiger partial charge in [0.1, 0.15) is 5.82 Å². The summed E-state index contributed by atoms with van der Waals surface area (Å²) in [5.74, 6) is 0.824. The molecule has 0 aliphatic heterocycles. The maximum atomic E-state index is 13.7. The Morgan fingerprint density at radius 1 is 1.47 bits per heavy atom. The van der Waals surface area contributed by atoms with Gasteiger partial charge < -0.3 is 5.73 Å². The minimum atomic E-state index is -0.234. The van der Waals surface area contributed by atoms with Gasteiger partial charge in [-0.1, -0.05) is 13.0 Å². The van der Waals surface area contributed by atoms with Crippen molar-refractivity contribution in [2.75, 3.05) is 25.6 Å². The summed E-state index contributed by atoms with van der Waals surface area (Å²) in [6, 6.07) is 5.77. The second kappa shape index (κ2) is 8.25. The van der Waals surface area contributed by atoms with Crippen LogP contribution in [0.15, 0.2) is 22.7 Å². The molecule has 0 bridgehead atoms. The molecule has 0 spiro atoms. The van der Waals surface area contributed by atoms with Crippen LogP contribution in [0, 0.1) is 5.82 Å². The molecule has 1 rings (SSSR count). The highest BCUT2D eigenvalue weighted by Gasteiger charge is 2.22.